The van der Waals surface area contributed by atoms with E-state index in [2.05, 4.69) is 50.3 Å². The van der Waals surface area contributed by atoms with E-state index in [1.807, 2.05) is 0 Å². The van der Waals surface area contributed by atoms with Crippen LogP contribution in [-0.2, 0) is 14.3 Å². The lowest BCUT2D eigenvalue weighted by atomic mass is 10.0. The number of aliphatic hydroxyl groups excluding tert-OH is 1. The van der Waals surface area contributed by atoms with Gasteiger partial charge in [-0.3, -0.25) is 4.79 Å². The SMILES string of the molecule is CCCCC/C=C\C/C=C\CCCCCCCCCCCC(=O)OC(CO)COCCCCCCCCCCCCCCCC/C=C\CCCCCCCCCC. The summed E-state index contributed by atoms with van der Waals surface area (Å²) in [5.41, 5.74) is 0. The van der Waals surface area contributed by atoms with Crippen LogP contribution in [0.5, 0.6) is 0 Å². The highest BCUT2D eigenvalue weighted by atomic mass is 16.6. The standard InChI is InChI=1S/C53H100O4/c1-3-5-7-9-11-13-15-17-19-21-23-24-25-26-27-28-29-31-33-35-37-39-41-43-45-47-49-56-51-52(50-54)57-53(55)48-46-44-42-40-38-36-34-32-30-22-20-18-16-14-12-10-8-6-4-2/h12,14,18,20-21,23,52,54H,3-11,13,15-17,19,22,24-51H2,1-2H3/b14-12-,20-18-,23-21-. The van der Waals surface area contributed by atoms with Gasteiger partial charge in [-0.05, 0) is 70.6 Å². The molecule has 4 nitrogen and oxygen atoms in total. The van der Waals surface area contributed by atoms with Gasteiger partial charge in [-0.1, -0.05) is 230 Å². The van der Waals surface area contributed by atoms with Crippen molar-refractivity contribution in [2.24, 2.45) is 0 Å². The number of carbonyl (C=O) groups is 1. The minimum Gasteiger partial charge on any atom is -0.457 e. The normalized spacial score (nSPS) is 12.5. The van der Waals surface area contributed by atoms with Crippen molar-refractivity contribution in [3.63, 3.8) is 0 Å². The molecule has 0 aromatic heterocycles. The van der Waals surface area contributed by atoms with Crippen molar-refractivity contribution >= 4 is 5.97 Å². The first-order valence-electron chi connectivity index (χ1n) is 25.6. The minimum atomic E-state index is -0.536. The Balaban J connectivity index is 3.37. The maximum absolute atomic E-state index is 12.3. The first-order valence-corrected chi connectivity index (χ1v) is 25.6. The van der Waals surface area contributed by atoms with E-state index in [-0.39, 0.29) is 12.6 Å². The lowest BCUT2D eigenvalue weighted by Gasteiger charge is -2.16. The van der Waals surface area contributed by atoms with E-state index >= 15 is 0 Å². The monoisotopic (exact) mass is 801 g/mol. The van der Waals surface area contributed by atoms with Gasteiger partial charge < -0.3 is 14.6 Å². The smallest absolute Gasteiger partial charge is 0.306 e. The molecule has 1 atom stereocenters. The molecule has 1 unspecified atom stereocenters. The Morgan fingerprint density at radius 1 is 0.421 bits per heavy atom. The molecular formula is C53H100O4. The fourth-order valence-electron chi connectivity index (χ4n) is 7.59. The predicted octanol–water partition coefficient (Wildman–Crippen LogP) is 17.2. The number of hydrogen-bond donors (Lipinski definition) is 1. The average Bonchev–Trinajstić information content (AvgIpc) is 3.22. The Bertz CT molecular complexity index is 848. The highest BCUT2D eigenvalue weighted by molar-refractivity contribution is 5.69. The van der Waals surface area contributed by atoms with Gasteiger partial charge in [0.15, 0.2) is 0 Å². The highest BCUT2D eigenvalue weighted by Crippen LogP contribution is 2.16. The zero-order valence-electron chi connectivity index (χ0n) is 38.6. The number of allylic oxidation sites excluding steroid dienone is 6. The summed E-state index contributed by atoms with van der Waals surface area (Å²) >= 11 is 0. The van der Waals surface area contributed by atoms with E-state index in [0.29, 0.717) is 19.6 Å². The first kappa shape index (κ1) is 55.6. The van der Waals surface area contributed by atoms with Crippen LogP contribution < -0.4 is 0 Å². The molecule has 0 fully saturated rings. The van der Waals surface area contributed by atoms with E-state index in [1.54, 1.807) is 0 Å². The van der Waals surface area contributed by atoms with Gasteiger partial charge in [0.05, 0.1) is 13.2 Å². The van der Waals surface area contributed by atoms with Crippen LogP contribution in [0.1, 0.15) is 271 Å². The van der Waals surface area contributed by atoms with Crippen molar-refractivity contribution in [3.05, 3.63) is 36.5 Å². The number of rotatable bonds is 48. The summed E-state index contributed by atoms with van der Waals surface area (Å²) in [4.78, 5) is 12.3. The van der Waals surface area contributed by atoms with Crippen LogP contribution in [-0.4, -0.2) is 37.0 Å². The summed E-state index contributed by atoms with van der Waals surface area (Å²) in [6.07, 6.45) is 65.2. The number of carbonyl (C=O) groups excluding carboxylic acids is 1. The maximum Gasteiger partial charge on any atom is 0.306 e. The third kappa shape index (κ3) is 48.9. The van der Waals surface area contributed by atoms with Crippen LogP contribution >= 0.6 is 0 Å². The van der Waals surface area contributed by atoms with Crippen LogP contribution in [0.15, 0.2) is 36.5 Å². The Morgan fingerprint density at radius 2 is 0.737 bits per heavy atom. The Morgan fingerprint density at radius 3 is 1.14 bits per heavy atom. The van der Waals surface area contributed by atoms with Crippen molar-refractivity contribution in [2.45, 2.75) is 277 Å². The Kier molecular flexibility index (Phi) is 49.5. The van der Waals surface area contributed by atoms with E-state index < -0.39 is 6.10 Å². The molecule has 0 aromatic rings. The van der Waals surface area contributed by atoms with Gasteiger partial charge >= 0.3 is 5.97 Å². The summed E-state index contributed by atoms with van der Waals surface area (Å²) in [6, 6.07) is 0. The molecule has 4 heteroatoms. The molecule has 0 rings (SSSR count). The summed E-state index contributed by atoms with van der Waals surface area (Å²) in [5.74, 6) is -0.201. The summed E-state index contributed by atoms with van der Waals surface area (Å²) < 4.78 is 11.2. The average molecular weight is 801 g/mol. The van der Waals surface area contributed by atoms with Crippen molar-refractivity contribution < 1.29 is 19.4 Å². The molecule has 336 valence electrons. The highest BCUT2D eigenvalue weighted by Gasteiger charge is 2.13. The molecule has 0 aliphatic carbocycles. The molecule has 57 heavy (non-hydrogen) atoms. The quantitative estimate of drug-likeness (QED) is 0.0378. The van der Waals surface area contributed by atoms with Crippen molar-refractivity contribution in [1.82, 2.24) is 0 Å². The lowest BCUT2D eigenvalue weighted by molar-refractivity contribution is -0.154. The number of unbranched alkanes of at least 4 members (excludes halogenated alkanes) is 34. The van der Waals surface area contributed by atoms with Gasteiger partial charge in [0.1, 0.15) is 6.10 Å². The van der Waals surface area contributed by atoms with Gasteiger partial charge in [-0.25, -0.2) is 0 Å². The van der Waals surface area contributed by atoms with Crippen LogP contribution in [0.25, 0.3) is 0 Å². The Labute approximate surface area is 357 Å². The molecule has 0 spiro atoms. The second-order valence-electron chi connectivity index (χ2n) is 17.2. The van der Waals surface area contributed by atoms with Gasteiger partial charge in [0, 0.05) is 13.0 Å². The van der Waals surface area contributed by atoms with Crippen LogP contribution in [0, 0.1) is 0 Å². The number of aliphatic hydroxyl groups is 1. The largest absolute Gasteiger partial charge is 0.457 e. The fraction of sp³-hybridized carbons (Fsp3) is 0.868. The van der Waals surface area contributed by atoms with E-state index in [0.717, 1.165) is 25.7 Å². The van der Waals surface area contributed by atoms with Gasteiger partial charge in [0.2, 0.25) is 0 Å². The summed E-state index contributed by atoms with van der Waals surface area (Å²) in [7, 11) is 0. The van der Waals surface area contributed by atoms with Crippen LogP contribution in [0.4, 0.5) is 0 Å². The lowest BCUT2D eigenvalue weighted by Crippen LogP contribution is -2.27. The third-order valence-electron chi connectivity index (χ3n) is 11.4. The molecule has 0 aliphatic heterocycles. The van der Waals surface area contributed by atoms with Crippen LogP contribution in [0.3, 0.4) is 0 Å². The number of hydrogen-bond acceptors (Lipinski definition) is 4. The van der Waals surface area contributed by atoms with E-state index in [9.17, 15) is 9.90 Å². The molecule has 0 aliphatic rings. The predicted molar refractivity (Wildman–Crippen MR) is 251 cm³/mol. The second-order valence-corrected chi connectivity index (χ2v) is 17.2. The molecule has 0 aromatic carbocycles. The third-order valence-corrected chi connectivity index (χ3v) is 11.4. The Hall–Kier alpha value is -1.39. The topological polar surface area (TPSA) is 55.8 Å². The number of esters is 1. The van der Waals surface area contributed by atoms with Crippen LogP contribution in [0.2, 0.25) is 0 Å². The molecule has 1 N–H and O–H groups in total. The summed E-state index contributed by atoms with van der Waals surface area (Å²) in [6.45, 7) is 5.35. The zero-order valence-corrected chi connectivity index (χ0v) is 38.6. The van der Waals surface area contributed by atoms with Crippen molar-refractivity contribution in [1.29, 1.82) is 0 Å². The second kappa shape index (κ2) is 50.8. The number of ether oxygens (including phenoxy) is 2. The van der Waals surface area contributed by atoms with Gasteiger partial charge in [-0.2, -0.15) is 0 Å². The van der Waals surface area contributed by atoms with Gasteiger partial charge in [-0.15, -0.1) is 0 Å². The van der Waals surface area contributed by atoms with E-state index in [1.165, 1.54) is 225 Å². The molecule has 0 amide bonds. The first-order chi connectivity index (χ1) is 28.2. The molecule has 0 saturated heterocycles. The zero-order chi connectivity index (χ0) is 41.2. The molecule has 0 saturated carbocycles. The fourth-order valence-corrected chi connectivity index (χ4v) is 7.59. The van der Waals surface area contributed by atoms with Crippen molar-refractivity contribution in [2.75, 3.05) is 19.8 Å². The van der Waals surface area contributed by atoms with Crippen molar-refractivity contribution in [3.8, 4) is 0 Å². The van der Waals surface area contributed by atoms with Gasteiger partial charge in [0.25, 0.3) is 0 Å². The van der Waals surface area contributed by atoms with E-state index in [4.69, 9.17) is 9.47 Å². The molecule has 0 heterocycles. The summed E-state index contributed by atoms with van der Waals surface area (Å²) in [5, 5.41) is 9.65. The molecule has 0 bridgehead atoms. The molecular weight excluding hydrogens is 701 g/mol. The maximum atomic E-state index is 12.3. The minimum absolute atomic E-state index is 0.171. The molecule has 0 radical (unpaired) electrons.